The summed E-state index contributed by atoms with van der Waals surface area (Å²) >= 11 is 0. The Labute approximate surface area is 115 Å². The summed E-state index contributed by atoms with van der Waals surface area (Å²) in [6, 6.07) is 15.0. The van der Waals surface area contributed by atoms with Crippen molar-refractivity contribution in [3.05, 3.63) is 59.6 Å². The van der Waals surface area contributed by atoms with Gasteiger partial charge >= 0.3 is 0 Å². The zero-order valence-corrected chi connectivity index (χ0v) is 10.9. The van der Waals surface area contributed by atoms with Gasteiger partial charge in [0.15, 0.2) is 5.82 Å². The summed E-state index contributed by atoms with van der Waals surface area (Å²) in [5.74, 6) is 0.773. The summed E-state index contributed by atoms with van der Waals surface area (Å²) in [7, 11) is 1.92. The molecular formula is C15H12N4O. The molecule has 0 bridgehead atoms. The smallest absolute Gasteiger partial charge is 0.163 e. The number of fused-ring (bicyclic) bond motifs is 1. The van der Waals surface area contributed by atoms with Gasteiger partial charge in [0.05, 0.1) is 6.20 Å². The molecule has 5 nitrogen and oxygen atoms in total. The highest BCUT2D eigenvalue weighted by molar-refractivity contribution is 5.93. The molecule has 0 saturated carbocycles. The SMILES string of the molecule is CN(c1ccc(N=O)cc1)c1nncc2ccccc12. The number of anilines is 2. The van der Waals surface area contributed by atoms with Crippen LogP contribution in [0.3, 0.4) is 0 Å². The Morgan fingerprint density at radius 3 is 2.55 bits per heavy atom. The van der Waals surface area contributed by atoms with Crippen molar-refractivity contribution >= 4 is 28.0 Å². The largest absolute Gasteiger partial charge is 0.327 e. The summed E-state index contributed by atoms with van der Waals surface area (Å²) < 4.78 is 0. The number of nitrogens with zero attached hydrogens (tertiary/aromatic N) is 4. The molecule has 20 heavy (non-hydrogen) atoms. The average Bonchev–Trinajstić information content (AvgIpc) is 2.54. The number of hydrogen-bond acceptors (Lipinski definition) is 5. The molecule has 0 spiro atoms. The molecule has 0 amide bonds. The molecule has 0 radical (unpaired) electrons. The standard InChI is InChI=1S/C15H12N4O/c1-19(13-8-6-12(18-20)7-9-13)15-14-5-3-2-4-11(14)10-16-17-15/h2-10H,1H3. The monoisotopic (exact) mass is 264 g/mol. The molecular weight excluding hydrogens is 252 g/mol. The Morgan fingerprint density at radius 1 is 1.05 bits per heavy atom. The summed E-state index contributed by atoms with van der Waals surface area (Å²) in [5.41, 5.74) is 1.33. The van der Waals surface area contributed by atoms with Gasteiger partial charge in [0.25, 0.3) is 0 Å². The third-order valence-corrected chi connectivity index (χ3v) is 3.21. The van der Waals surface area contributed by atoms with Gasteiger partial charge in [0, 0.05) is 23.5 Å². The minimum Gasteiger partial charge on any atom is -0.327 e. The molecule has 5 heteroatoms. The molecule has 0 saturated heterocycles. The first-order chi connectivity index (χ1) is 9.79. The quantitative estimate of drug-likeness (QED) is 0.675. The maximum atomic E-state index is 10.4. The Kier molecular flexibility index (Phi) is 3.09. The van der Waals surface area contributed by atoms with Crippen LogP contribution in [0.2, 0.25) is 0 Å². The highest BCUT2D eigenvalue weighted by Crippen LogP contribution is 2.29. The van der Waals surface area contributed by atoms with Crippen molar-refractivity contribution in [3.63, 3.8) is 0 Å². The van der Waals surface area contributed by atoms with Crippen LogP contribution in [0.5, 0.6) is 0 Å². The molecule has 0 atom stereocenters. The van der Waals surface area contributed by atoms with E-state index >= 15 is 0 Å². The molecule has 98 valence electrons. The minimum atomic E-state index is 0.408. The van der Waals surface area contributed by atoms with E-state index in [0.29, 0.717) is 5.69 Å². The van der Waals surface area contributed by atoms with Crippen molar-refractivity contribution in [2.24, 2.45) is 5.18 Å². The highest BCUT2D eigenvalue weighted by atomic mass is 16.3. The van der Waals surface area contributed by atoms with Crippen LogP contribution in [0.1, 0.15) is 0 Å². The van der Waals surface area contributed by atoms with Gasteiger partial charge in [-0.2, -0.15) is 5.10 Å². The molecule has 0 aliphatic carbocycles. The van der Waals surface area contributed by atoms with Crippen LogP contribution >= 0.6 is 0 Å². The van der Waals surface area contributed by atoms with Crippen LogP contribution in [0, 0.1) is 4.91 Å². The van der Waals surface area contributed by atoms with Crippen molar-refractivity contribution in [1.29, 1.82) is 0 Å². The number of nitroso groups, excluding NO2 is 1. The highest BCUT2D eigenvalue weighted by Gasteiger charge is 2.10. The molecule has 0 N–H and O–H groups in total. The van der Waals surface area contributed by atoms with E-state index in [1.54, 1.807) is 18.3 Å². The van der Waals surface area contributed by atoms with Crippen LogP contribution in [0.25, 0.3) is 10.8 Å². The first-order valence-corrected chi connectivity index (χ1v) is 6.17. The van der Waals surface area contributed by atoms with Gasteiger partial charge in [-0.1, -0.05) is 24.3 Å². The van der Waals surface area contributed by atoms with Crippen LogP contribution < -0.4 is 4.90 Å². The Bertz CT molecular complexity index is 750. The van der Waals surface area contributed by atoms with Crippen LogP contribution in [-0.4, -0.2) is 17.2 Å². The molecule has 0 aliphatic heterocycles. The van der Waals surface area contributed by atoms with Crippen molar-refractivity contribution in [1.82, 2.24) is 10.2 Å². The average molecular weight is 264 g/mol. The van der Waals surface area contributed by atoms with E-state index in [4.69, 9.17) is 0 Å². The fraction of sp³-hybridized carbons (Fsp3) is 0.0667. The van der Waals surface area contributed by atoms with Crippen molar-refractivity contribution in [2.45, 2.75) is 0 Å². The number of aromatic nitrogens is 2. The fourth-order valence-electron chi connectivity index (χ4n) is 2.12. The Balaban J connectivity index is 2.07. The lowest BCUT2D eigenvalue weighted by atomic mass is 10.2. The first-order valence-electron chi connectivity index (χ1n) is 6.17. The number of rotatable bonds is 3. The topological polar surface area (TPSA) is 58.5 Å². The molecule has 1 heterocycles. The molecule has 0 aliphatic rings. The van der Waals surface area contributed by atoms with Gasteiger partial charge in [0.2, 0.25) is 0 Å². The summed E-state index contributed by atoms with van der Waals surface area (Å²) in [4.78, 5) is 12.4. The zero-order chi connectivity index (χ0) is 13.9. The number of benzene rings is 2. The lowest BCUT2D eigenvalue weighted by molar-refractivity contribution is 1.01. The van der Waals surface area contributed by atoms with E-state index in [2.05, 4.69) is 15.4 Å². The van der Waals surface area contributed by atoms with Gasteiger partial charge in [-0.05, 0) is 29.4 Å². The molecule has 0 fully saturated rings. The zero-order valence-electron chi connectivity index (χ0n) is 10.9. The van der Waals surface area contributed by atoms with Gasteiger partial charge in [0.1, 0.15) is 5.69 Å². The maximum Gasteiger partial charge on any atom is 0.163 e. The van der Waals surface area contributed by atoms with Crippen LogP contribution in [0.4, 0.5) is 17.2 Å². The van der Waals surface area contributed by atoms with E-state index in [1.165, 1.54) is 0 Å². The van der Waals surface area contributed by atoms with Crippen LogP contribution in [-0.2, 0) is 0 Å². The van der Waals surface area contributed by atoms with Crippen molar-refractivity contribution < 1.29 is 0 Å². The molecule has 2 aromatic carbocycles. The second-order valence-electron chi connectivity index (χ2n) is 4.42. The van der Waals surface area contributed by atoms with Gasteiger partial charge in [-0.15, -0.1) is 10.0 Å². The third kappa shape index (κ3) is 2.09. The summed E-state index contributed by atoms with van der Waals surface area (Å²) in [6.07, 6.45) is 1.74. The van der Waals surface area contributed by atoms with Gasteiger partial charge in [-0.25, -0.2) is 0 Å². The summed E-state index contributed by atoms with van der Waals surface area (Å²) in [6.45, 7) is 0. The molecule has 0 unspecified atom stereocenters. The summed E-state index contributed by atoms with van der Waals surface area (Å²) in [5, 5.41) is 13.2. The predicted molar refractivity (Wildman–Crippen MR) is 79.5 cm³/mol. The third-order valence-electron chi connectivity index (χ3n) is 3.21. The lowest BCUT2D eigenvalue weighted by Gasteiger charge is -2.19. The van der Waals surface area contributed by atoms with E-state index < -0.39 is 0 Å². The second-order valence-corrected chi connectivity index (χ2v) is 4.42. The van der Waals surface area contributed by atoms with Gasteiger partial charge in [-0.3, -0.25) is 0 Å². The lowest BCUT2D eigenvalue weighted by Crippen LogP contribution is -2.12. The second kappa shape index (κ2) is 5.05. The van der Waals surface area contributed by atoms with Crippen molar-refractivity contribution in [3.8, 4) is 0 Å². The minimum absolute atomic E-state index is 0.408. The van der Waals surface area contributed by atoms with E-state index in [9.17, 15) is 4.91 Å². The predicted octanol–water partition coefficient (Wildman–Crippen LogP) is 3.80. The maximum absolute atomic E-state index is 10.4. The van der Waals surface area contributed by atoms with E-state index in [0.717, 1.165) is 22.3 Å². The van der Waals surface area contributed by atoms with Crippen LogP contribution in [0.15, 0.2) is 59.9 Å². The van der Waals surface area contributed by atoms with Gasteiger partial charge < -0.3 is 4.90 Å². The molecule has 1 aromatic heterocycles. The Morgan fingerprint density at radius 2 is 1.80 bits per heavy atom. The van der Waals surface area contributed by atoms with E-state index in [-0.39, 0.29) is 0 Å². The normalized spacial score (nSPS) is 10.4. The van der Waals surface area contributed by atoms with Crippen molar-refractivity contribution in [2.75, 3.05) is 11.9 Å². The molecule has 3 aromatic rings. The number of hydrogen-bond donors (Lipinski definition) is 0. The molecule has 3 rings (SSSR count). The Hall–Kier alpha value is -2.82. The fourth-order valence-corrected chi connectivity index (χ4v) is 2.12. The van der Waals surface area contributed by atoms with E-state index in [1.807, 2.05) is 48.3 Å². The first kappa shape index (κ1) is 12.2.